The number of benzene rings is 2. The molecule has 2 aromatic carbocycles. The van der Waals surface area contributed by atoms with Gasteiger partial charge in [0.2, 0.25) is 4.96 Å². The first kappa shape index (κ1) is 17.4. The van der Waals surface area contributed by atoms with E-state index in [0.29, 0.717) is 5.75 Å². The van der Waals surface area contributed by atoms with Crippen molar-refractivity contribution < 1.29 is 4.92 Å². The van der Waals surface area contributed by atoms with E-state index in [-0.39, 0.29) is 5.69 Å². The maximum atomic E-state index is 10.7. The van der Waals surface area contributed by atoms with Crippen LogP contribution in [0.4, 0.5) is 5.69 Å². The van der Waals surface area contributed by atoms with Gasteiger partial charge in [0.15, 0.2) is 5.82 Å². The lowest BCUT2D eigenvalue weighted by atomic mass is 10.2. The highest BCUT2D eigenvalue weighted by molar-refractivity contribution is 7.98. The van der Waals surface area contributed by atoms with Gasteiger partial charge in [-0.15, -0.1) is 22.0 Å². The lowest BCUT2D eigenvalue weighted by Gasteiger charge is -1.98. The molecular weight excluding hydrogens is 382 g/mol. The molecule has 27 heavy (non-hydrogen) atoms. The number of hydrogen-bond acceptors (Lipinski definition) is 7. The summed E-state index contributed by atoms with van der Waals surface area (Å²) in [5.41, 5.74) is 0.943. The molecule has 134 valence electrons. The largest absolute Gasteiger partial charge is 0.269 e. The van der Waals surface area contributed by atoms with Gasteiger partial charge in [0, 0.05) is 17.0 Å². The van der Waals surface area contributed by atoms with E-state index in [2.05, 4.69) is 27.4 Å². The van der Waals surface area contributed by atoms with Crippen LogP contribution < -0.4 is 0 Å². The second-order valence-corrected chi connectivity index (χ2v) is 7.57. The molecule has 0 aliphatic heterocycles. The lowest BCUT2D eigenvalue weighted by Crippen LogP contribution is -1.93. The van der Waals surface area contributed by atoms with Crippen LogP contribution in [0.3, 0.4) is 0 Å². The topological polar surface area (TPSA) is 86.2 Å². The molecule has 9 heteroatoms. The zero-order valence-electron chi connectivity index (χ0n) is 13.9. The van der Waals surface area contributed by atoms with E-state index in [1.807, 2.05) is 30.4 Å². The molecule has 0 amide bonds. The van der Waals surface area contributed by atoms with Gasteiger partial charge in [-0.2, -0.15) is 9.61 Å². The first-order chi connectivity index (χ1) is 13.2. The minimum atomic E-state index is -0.411. The Hall–Kier alpha value is -3.04. The van der Waals surface area contributed by atoms with Crippen molar-refractivity contribution in [3.05, 3.63) is 81.1 Å². The quantitative estimate of drug-likeness (QED) is 0.270. The highest BCUT2D eigenvalue weighted by Crippen LogP contribution is 2.23. The second-order valence-electron chi connectivity index (χ2n) is 5.53. The van der Waals surface area contributed by atoms with Crippen LogP contribution in [0.2, 0.25) is 0 Å². The van der Waals surface area contributed by atoms with Gasteiger partial charge >= 0.3 is 0 Å². The maximum Gasteiger partial charge on any atom is 0.269 e. The van der Waals surface area contributed by atoms with Gasteiger partial charge in [0.25, 0.3) is 5.69 Å². The molecule has 0 bridgehead atoms. The molecular formula is C18H13N5O2S2. The molecule has 0 unspecified atom stereocenters. The van der Waals surface area contributed by atoms with Crippen LogP contribution in [0.15, 0.2) is 59.5 Å². The summed E-state index contributed by atoms with van der Waals surface area (Å²) in [6.45, 7) is 0. The lowest BCUT2D eigenvalue weighted by molar-refractivity contribution is -0.384. The fraction of sp³-hybridized carbons (Fsp3) is 0.0556. The molecule has 0 aliphatic carbocycles. The predicted octanol–water partition coefficient (Wildman–Crippen LogP) is 4.56. The molecule has 0 atom stereocenters. The minimum absolute atomic E-state index is 0.0755. The number of hydrogen-bond donors (Lipinski definition) is 0. The fourth-order valence-electron chi connectivity index (χ4n) is 2.37. The number of rotatable bonds is 6. The minimum Gasteiger partial charge on any atom is -0.258 e. The Bertz CT molecular complexity index is 1100. The van der Waals surface area contributed by atoms with Crippen molar-refractivity contribution in [3.8, 4) is 0 Å². The van der Waals surface area contributed by atoms with E-state index in [1.54, 1.807) is 28.4 Å². The monoisotopic (exact) mass is 395 g/mol. The van der Waals surface area contributed by atoms with Crippen molar-refractivity contribution in [1.29, 1.82) is 0 Å². The SMILES string of the molecule is O=[N+]([O-])c1ccc(/C=C/c2nn3c(CSc4ccccc4)nnc3s2)cc1. The third-order valence-corrected chi connectivity index (χ3v) is 5.58. The fourth-order valence-corrected chi connectivity index (χ4v) is 3.95. The van der Waals surface area contributed by atoms with E-state index in [0.717, 1.165) is 21.4 Å². The Morgan fingerprint density at radius 1 is 1.07 bits per heavy atom. The molecule has 2 aromatic heterocycles. The molecule has 2 heterocycles. The van der Waals surface area contributed by atoms with Gasteiger partial charge < -0.3 is 0 Å². The summed E-state index contributed by atoms with van der Waals surface area (Å²) in [5, 5.41) is 24.4. The predicted molar refractivity (Wildman–Crippen MR) is 107 cm³/mol. The summed E-state index contributed by atoms with van der Waals surface area (Å²) in [4.78, 5) is 12.2. The van der Waals surface area contributed by atoms with Crippen molar-refractivity contribution in [1.82, 2.24) is 19.8 Å². The molecule has 0 fully saturated rings. The molecule has 0 saturated carbocycles. The first-order valence-electron chi connectivity index (χ1n) is 8.00. The summed E-state index contributed by atoms with van der Waals surface area (Å²) in [6.07, 6.45) is 3.74. The number of nitrogens with zero attached hydrogens (tertiary/aromatic N) is 5. The van der Waals surface area contributed by atoms with Crippen LogP contribution in [0.25, 0.3) is 17.1 Å². The molecule has 4 aromatic rings. The molecule has 7 nitrogen and oxygen atoms in total. The molecule has 4 rings (SSSR count). The standard InChI is InChI=1S/C18H13N5O2S2/c24-23(25)14-9-6-13(7-10-14)8-11-17-21-22-16(19-20-18(22)27-17)12-26-15-4-2-1-3-5-15/h1-11H,12H2/b11-8+. The number of fused-ring (bicyclic) bond motifs is 1. The Labute approximate surface area is 162 Å². The van der Waals surface area contributed by atoms with Gasteiger partial charge in [0.1, 0.15) is 5.01 Å². The third-order valence-electron chi connectivity index (χ3n) is 3.70. The number of aromatic nitrogens is 4. The summed E-state index contributed by atoms with van der Waals surface area (Å²) in [6, 6.07) is 16.5. The second kappa shape index (κ2) is 7.68. The average molecular weight is 395 g/mol. The summed E-state index contributed by atoms with van der Waals surface area (Å²) in [5.74, 6) is 1.48. The van der Waals surface area contributed by atoms with Crippen LogP contribution in [-0.4, -0.2) is 24.7 Å². The van der Waals surface area contributed by atoms with E-state index in [9.17, 15) is 10.1 Å². The Morgan fingerprint density at radius 2 is 1.85 bits per heavy atom. The maximum absolute atomic E-state index is 10.7. The highest BCUT2D eigenvalue weighted by atomic mass is 32.2. The summed E-state index contributed by atoms with van der Waals surface area (Å²) < 4.78 is 1.76. The zero-order chi connectivity index (χ0) is 18.6. The smallest absolute Gasteiger partial charge is 0.258 e. The van der Waals surface area contributed by atoms with Crippen molar-refractivity contribution in [2.24, 2.45) is 0 Å². The number of non-ortho nitro benzene ring substituents is 1. The van der Waals surface area contributed by atoms with Crippen molar-refractivity contribution in [2.45, 2.75) is 10.6 Å². The van der Waals surface area contributed by atoms with E-state index >= 15 is 0 Å². The van der Waals surface area contributed by atoms with E-state index < -0.39 is 4.92 Å². The first-order valence-corrected chi connectivity index (χ1v) is 9.81. The van der Waals surface area contributed by atoms with E-state index in [1.165, 1.54) is 28.4 Å². The van der Waals surface area contributed by atoms with Crippen LogP contribution in [0.1, 0.15) is 16.4 Å². The molecule has 0 aliphatic rings. The van der Waals surface area contributed by atoms with Gasteiger partial charge in [-0.3, -0.25) is 10.1 Å². The van der Waals surface area contributed by atoms with Gasteiger partial charge in [-0.05, 0) is 35.9 Å². The third kappa shape index (κ3) is 4.04. The summed E-state index contributed by atoms with van der Waals surface area (Å²) >= 11 is 3.13. The van der Waals surface area contributed by atoms with Crippen molar-refractivity contribution in [2.75, 3.05) is 0 Å². The molecule has 0 saturated heterocycles. The van der Waals surface area contributed by atoms with Crippen molar-refractivity contribution >= 4 is 45.9 Å². The van der Waals surface area contributed by atoms with Crippen LogP contribution in [-0.2, 0) is 5.75 Å². The Morgan fingerprint density at radius 3 is 2.59 bits per heavy atom. The normalized spacial score (nSPS) is 11.4. The number of nitro benzene ring substituents is 1. The van der Waals surface area contributed by atoms with Crippen molar-refractivity contribution in [3.63, 3.8) is 0 Å². The van der Waals surface area contributed by atoms with Gasteiger partial charge in [-0.25, -0.2) is 0 Å². The zero-order valence-corrected chi connectivity index (χ0v) is 15.6. The summed E-state index contributed by atoms with van der Waals surface area (Å²) in [7, 11) is 0. The van der Waals surface area contributed by atoms with Crippen LogP contribution >= 0.6 is 23.1 Å². The molecule has 0 N–H and O–H groups in total. The molecule has 0 spiro atoms. The average Bonchev–Trinajstić information content (AvgIpc) is 3.26. The Balaban J connectivity index is 1.48. The van der Waals surface area contributed by atoms with Gasteiger partial charge in [-0.1, -0.05) is 35.6 Å². The van der Waals surface area contributed by atoms with E-state index in [4.69, 9.17) is 0 Å². The molecule has 0 radical (unpaired) electrons. The Kier molecular flexibility index (Phi) is 4.95. The highest BCUT2D eigenvalue weighted by Gasteiger charge is 2.11. The van der Waals surface area contributed by atoms with Crippen LogP contribution in [0.5, 0.6) is 0 Å². The van der Waals surface area contributed by atoms with Crippen LogP contribution in [0, 0.1) is 10.1 Å². The number of nitro groups is 1. The number of thioether (sulfide) groups is 1. The van der Waals surface area contributed by atoms with Gasteiger partial charge in [0.05, 0.1) is 10.7 Å².